The molecule has 98 valence electrons. The third-order valence-electron chi connectivity index (χ3n) is 4.22. The zero-order valence-corrected chi connectivity index (χ0v) is 11.1. The molecule has 0 saturated heterocycles. The Kier molecular flexibility index (Phi) is 4.08. The first-order valence-corrected chi connectivity index (χ1v) is 7.03. The molecule has 0 radical (unpaired) electrons. The van der Waals surface area contributed by atoms with Gasteiger partial charge in [-0.1, -0.05) is 13.3 Å². The maximum absolute atomic E-state index is 11.7. The predicted molar refractivity (Wildman–Crippen MR) is 67.7 cm³/mol. The second-order valence-corrected chi connectivity index (χ2v) is 6.00. The Balaban J connectivity index is 1.74. The van der Waals surface area contributed by atoms with Gasteiger partial charge in [0.25, 0.3) is 0 Å². The van der Waals surface area contributed by atoms with Crippen molar-refractivity contribution in [2.24, 2.45) is 11.3 Å². The topological polar surface area (TPSA) is 38.3 Å². The highest BCUT2D eigenvalue weighted by Gasteiger charge is 2.38. The van der Waals surface area contributed by atoms with E-state index in [4.69, 9.17) is 4.74 Å². The summed E-state index contributed by atoms with van der Waals surface area (Å²) < 4.78 is 5.12. The highest BCUT2D eigenvalue weighted by molar-refractivity contribution is 5.72. The Labute approximate surface area is 104 Å². The van der Waals surface area contributed by atoms with Gasteiger partial charge in [0.1, 0.15) is 0 Å². The van der Waals surface area contributed by atoms with Crippen molar-refractivity contribution in [1.29, 1.82) is 0 Å². The van der Waals surface area contributed by atoms with E-state index >= 15 is 0 Å². The zero-order valence-electron chi connectivity index (χ0n) is 11.1. The third-order valence-corrected chi connectivity index (χ3v) is 4.22. The van der Waals surface area contributed by atoms with E-state index in [9.17, 15) is 4.79 Å². The normalized spacial score (nSPS) is 30.9. The van der Waals surface area contributed by atoms with E-state index in [0.717, 1.165) is 25.8 Å². The lowest BCUT2D eigenvalue weighted by atomic mass is 9.85. The summed E-state index contributed by atoms with van der Waals surface area (Å²) in [4.78, 5) is 11.7. The van der Waals surface area contributed by atoms with Crippen LogP contribution in [0.15, 0.2) is 0 Å². The number of nitrogens with one attached hydrogen (secondary N) is 1. The average molecular weight is 239 g/mol. The fourth-order valence-corrected chi connectivity index (χ4v) is 2.63. The van der Waals surface area contributed by atoms with Gasteiger partial charge in [-0.05, 0) is 44.4 Å². The number of hydrogen-bond donors (Lipinski definition) is 1. The van der Waals surface area contributed by atoms with Gasteiger partial charge in [-0.25, -0.2) is 0 Å². The molecule has 0 heterocycles. The molecule has 2 aliphatic rings. The molecular weight excluding hydrogens is 214 g/mol. The van der Waals surface area contributed by atoms with Crippen LogP contribution in [0.3, 0.4) is 0 Å². The van der Waals surface area contributed by atoms with E-state index < -0.39 is 0 Å². The summed E-state index contributed by atoms with van der Waals surface area (Å²) in [6.07, 6.45) is 7.05. The Bertz CT molecular complexity index is 273. The van der Waals surface area contributed by atoms with Gasteiger partial charge in [0.2, 0.25) is 0 Å². The van der Waals surface area contributed by atoms with Crippen LogP contribution in [0, 0.1) is 11.3 Å². The van der Waals surface area contributed by atoms with Crippen molar-refractivity contribution in [2.45, 2.75) is 58.4 Å². The first-order chi connectivity index (χ1) is 8.13. The summed E-state index contributed by atoms with van der Waals surface area (Å²) in [6.45, 7) is 5.84. The summed E-state index contributed by atoms with van der Waals surface area (Å²) in [6, 6.07) is 0.524. The van der Waals surface area contributed by atoms with Crippen LogP contribution in [-0.4, -0.2) is 25.2 Å². The van der Waals surface area contributed by atoms with Crippen molar-refractivity contribution in [1.82, 2.24) is 5.32 Å². The van der Waals surface area contributed by atoms with Gasteiger partial charge in [-0.15, -0.1) is 0 Å². The highest BCUT2D eigenvalue weighted by Crippen LogP contribution is 2.44. The minimum Gasteiger partial charge on any atom is -0.466 e. The van der Waals surface area contributed by atoms with E-state index in [1.165, 1.54) is 19.3 Å². The quantitative estimate of drug-likeness (QED) is 0.749. The third kappa shape index (κ3) is 3.70. The van der Waals surface area contributed by atoms with Crippen LogP contribution in [0.1, 0.15) is 52.4 Å². The van der Waals surface area contributed by atoms with E-state index in [1.807, 2.05) is 6.92 Å². The number of esters is 1. The fourth-order valence-electron chi connectivity index (χ4n) is 2.63. The maximum atomic E-state index is 11.7. The van der Waals surface area contributed by atoms with Crippen molar-refractivity contribution in [2.75, 3.05) is 13.2 Å². The molecule has 0 amide bonds. The number of hydrogen-bond acceptors (Lipinski definition) is 3. The van der Waals surface area contributed by atoms with E-state index in [0.29, 0.717) is 18.1 Å². The van der Waals surface area contributed by atoms with Crippen LogP contribution in [0.4, 0.5) is 0 Å². The molecule has 0 aromatic heterocycles. The van der Waals surface area contributed by atoms with Gasteiger partial charge in [0.15, 0.2) is 0 Å². The van der Waals surface area contributed by atoms with Gasteiger partial charge >= 0.3 is 5.97 Å². The summed E-state index contributed by atoms with van der Waals surface area (Å²) >= 11 is 0. The van der Waals surface area contributed by atoms with Crippen molar-refractivity contribution in [3.05, 3.63) is 0 Å². The summed E-state index contributed by atoms with van der Waals surface area (Å²) in [5.74, 6) is 0.143. The molecule has 0 aromatic rings. The van der Waals surface area contributed by atoms with Crippen LogP contribution in [0.2, 0.25) is 0 Å². The van der Waals surface area contributed by atoms with Crippen LogP contribution in [0.5, 0.6) is 0 Å². The number of rotatable bonds is 5. The standard InChI is InChI=1S/C14H25NO2/c1-3-17-13(16)11-5-4-6-12(9-11)15-10-14(2)7-8-14/h11-12,15H,3-10H2,1-2H3. The zero-order chi connectivity index (χ0) is 12.3. The first-order valence-electron chi connectivity index (χ1n) is 7.03. The van der Waals surface area contributed by atoms with Gasteiger partial charge in [-0.2, -0.15) is 0 Å². The Morgan fingerprint density at radius 1 is 1.41 bits per heavy atom. The molecule has 3 nitrogen and oxygen atoms in total. The van der Waals surface area contributed by atoms with Crippen LogP contribution >= 0.6 is 0 Å². The molecule has 0 bridgehead atoms. The summed E-state index contributed by atoms with van der Waals surface area (Å²) in [7, 11) is 0. The smallest absolute Gasteiger partial charge is 0.308 e. The Hall–Kier alpha value is -0.570. The molecule has 2 aliphatic carbocycles. The van der Waals surface area contributed by atoms with Gasteiger partial charge < -0.3 is 10.1 Å². The molecular formula is C14H25NO2. The molecule has 0 spiro atoms. The number of carbonyl (C=O) groups is 1. The monoisotopic (exact) mass is 239 g/mol. The first kappa shape index (κ1) is 12.9. The van der Waals surface area contributed by atoms with Crippen LogP contribution < -0.4 is 5.32 Å². The second kappa shape index (κ2) is 5.38. The molecule has 0 aliphatic heterocycles. The average Bonchev–Trinajstić information content (AvgIpc) is 3.06. The van der Waals surface area contributed by atoms with E-state index in [2.05, 4.69) is 12.2 Å². The van der Waals surface area contributed by atoms with Gasteiger partial charge in [-0.3, -0.25) is 4.79 Å². The van der Waals surface area contributed by atoms with Gasteiger partial charge in [0, 0.05) is 12.6 Å². The molecule has 0 aromatic carbocycles. The molecule has 17 heavy (non-hydrogen) atoms. The lowest BCUT2D eigenvalue weighted by molar-refractivity contribution is -0.149. The highest BCUT2D eigenvalue weighted by atomic mass is 16.5. The van der Waals surface area contributed by atoms with Crippen molar-refractivity contribution < 1.29 is 9.53 Å². The predicted octanol–water partition coefficient (Wildman–Crippen LogP) is 2.50. The molecule has 2 saturated carbocycles. The molecule has 2 rings (SSSR count). The molecule has 2 unspecified atom stereocenters. The molecule has 2 fully saturated rings. The SMILES string of the molecule is CCOC(=O)C1CCCC(NCC2(C)CC2)C1. The maximum Gasteiger partial charge on any atom is 0.308 e. The number of ether oxygens (including phenoxy) is 1. The van der Waals surface area contributed by atoms with Crippen molar-refractivity contribution >= 4 is 5.97 Å². The van der Waals surface area contributed by atoms with Crippen LogP contribution in [0.25, 0.3) is 0 Å². The summed E-state index contributed by atoms with van der Waals surface area (Å²) in [5, 5.41) is 3.64. The fraction of sp³-hybridized carbons (Fsp3) is 0.929. The second-order valence-electron chi connectivity index (χ2n) is 6.00. The minimum atomic E-state index is 0.0108. The van der Waals surface area contributed by atoms with E-state index in [-0.39, 0.29) is 11.9 Å². The molecule has 3 heteroatoms. The number of carbonyl (C=O) groups excluding carboxylic acids is 1. The van der Waals surface area contributed by atoms with E-state index in [1.54, 1.807) is 0 Å². The molecule has 2 atom stereocenters. The van der Waals surface area contributed by atoms with Crippen molar-refractivity contribution in [3.63, 3.8) is 0 Å². The largest absolute Gasteiger partial charge is 0.466 e. The van der Waals surface area contributed by atoms with Crippen LogP contribution in [-0.2, 0) is 9.53 Å². The lowest BCUT2D eigenvalue weighted by Gasteiger charge is -2.29. The van der Waals surface area contributed by atoms with Crippen molar-refractivity contribution in [3.8, 4) is 0 Å². The van der Waals surface area contributed by atoms with Gasteiger partial charge in [0.05, 0.1) is 12.5 Å². The Morgan fingerprint density at radius 2 is 2.18 bits per heavy atom. The summed E-state index contributed by atoms with van der Waals surface area (Å²) in [5.41, 5.74) is 0.552. The Morgan fingerprint density at radius 3 is 2.82 bits per heavy atom. The molecule has 1 N–H and O–H groups in total. The minimum absolute atomic E-state index is 0.0108. The lowest BCUT2D eigenvalue weighted by Crippen LogP contribution is -2.39.